The lowest BCUT2D eigenvalue weighted by molar-refractivity contribution is -0.119. The first-order valence-corrected chi connectivity index (χ1v) is 5.35. The number of carbonyl (C=O) groups excluding carboxylic acids is 1. The number of carboxylic acid groups (broad SMARTS) is 1. The van der Waals surface area contributed by atoms with Crippen LogP contribution < -0.4 is 10.6 Å². The van der Waals surface area contributed by atoms with Gasteiger partial charge in [-0.25, -0.2) is 9.78 Å². The van der Waals surface area contributed by atoms with Crippen molar-refractivity contribution in [2.75, 3.05) is 11.4 Å². The molecule has 0 spiro atoms. The third-order valence-corrected chi connectivity index (χ3v) is 2.87. The second kappa shape index (κ2) is 4.40. The number of hydrogen-bond donors (Lipinski definition) is 2. The monoisotopic (exact) mass is 235 g/mol. The maximum atomic E-state index is 11.3. The molecule has 1 aliphatic heterocycles. The minimum absolute atomic E-state index is 0.0978. The predicted molar refractivity (Wildman–Crippen MR) is 60.8 cm³/mol. The lowest BCUT2D eigenvalue weighted by atomic mass is 10.2. The van der Waals surface area contributed by atoms with E-state index in [9.17, 15) is 9.59 Å². The topological polar surface area (TPSA) is 96.5 Å². The number of amides is 1. The summed E-state index contributed by atoms with van der Waals surface area (Å²) in [6.07, 6.45) is 2.96. The van der Waals surface area contributed by atoms with Gasteiger partial charge in [0, 0.05) is 12.7 Å². The Morgan fingerprint density at radius 3 is 2.94 bits per heavy atom. The Labute approximate surface area is 98.1 Å². The normalized spacial score (nSPS) is 19.3. The van der Waals surface area contributed by atoms with Crippen LogP contribution in [-0.2, 0) is 4.79 Å². The molecular weight excluding hydrogens is 222 g/mol. The van der Waals surface area contributed by atoms with Crippen LogP contribution >= 0.6 is 0 Å². The number of carbonyl (C=O) groups is 2. The van der Waals surface area contributed by atoms with Gasteiger partial charge in [0.1, 0.15) is 17.4 Å². The van der Waals surface area contributed by atoms with Gasteiger partial charge in [-0.1, -0.05) is 0 Å². The summed E-state index contributed by atoms with van der Waals surface area (Å²) in [5.41, 5.74) is 5.39. The lowest BCUT2D eigenvalue weighted by Gasteiger charge is -2.24. The molecule has 1 atom stereocenters. The van der Waals surface area contributed by atoms with E-state index in [2.05, 4.69) is 4.98 Å². The van der Waals surface area contributed by atoms with Gasteiger partial charge in [0.05, 0.1) is 0 Å². The summed E-state index contributed by atoms with van der Waals surface area (Å²) in [6.45, 7) is 0.602. The minimum Gasteiger partial charge on any atom is -0.478 e. The van der Waals surface area contributed by atoms with Crippen molar-refractivity contribution in [1.82, 2.24) is 4.98 Å². The van der Waals surface area contributed by atoms with E-state index in [4.69, 9.17) is 10.8 Å². The average Bonchev–Trinajstić information content (AvgIpc) is 2.77. The number of nitrogens with two attached hydrogens (primary N) is 1. The number of aromatic nitrogens is 1. The second-order valence-electron chi connectivity index (χ2n) is 3.93. The SMILES string of the molecule is NC(=O)C1CCCN1c1ncccc1C(=O)O. The molecule has 0 saturated carbocycles. The molecule has 0 radical (unpaired) electrons. The van der Waals surface area contributed by atoms with E-state index in [0.717, 1.165) is 6.42 Å². The van der Waals surface area contributed by atoms with Crippen LogP contribution in [0.15, 0.2) is 18.3 Å². The molecule has 6 heteroatoms. The molecule has 3 N–H and O–H groups in total. The molecule has 90 valence electrons. The number of primary amides is 1. The van der Waals surface area contributed by atoms with Crippen molar-refractivity contribution < 1.29 is 14.7 Å². The van der Waals surface area contributed by atoms with Gasteiger partial charge in [0.25, 0.3) is 0 Å². The minimum atomic E-state index is -1.05. The second-order valence-corrected chi connectivity index (χ2v) is 3.93. The van der Waals surface area contributed by atoms with Gasteiger partial charge in [0.15, 0.2) is 0 Å². The maximum absolute atomic E-state index is 11.3. The van der Waals surface area contributed by atoms with Crippen LogP contribution in [0.1, 0.15) is 23.2 Å². The van der Waals surface area contributed by atoms with Crippen molar-refractivity contribution in [3.05, 3.63) is 23.9 Å². The zero-order valence-corrected chi connectivity index (χ0v) is 9.17. The standard InChI is InChI=1S/C11H13N3O3/c12-9(15)8-4-2-6-14(8)10-7(11(16)17)3-1-5-13-10/h1,3,5,8H,2,4,6H2,(H2,12,15)(H,16,17). The molecule has 0 bridgehead atoms. The van der Waals surface area contributed by atoms with Crippen molar-refractivity contribution in [3.8, 4) is 0 Å². The van der Waals surface area contributed by atoms with Gasteiger partial charge in [-0.05, 0) is 25.0 Å². The predicted octanol–water partition coefficient (Wildman–Crippen LogP) is 0.234. The van der Waals surface area contributed by atoms with Crippen LogP contribution in [0, 0.1) is 0 Å². The molecule has 1 aromatic rings. The quantitative estimate of drug-likeness (QED) is 0.781. The third kappa shape index (κ3) is 2.06. The molecule has 1 unspecified atom stereocenters. The fourth-order valence-corrected chi connectivity index (χ4v) is 2.11. The number of nitrogens with zero attached hydrogens (tertiary/aromatic N) is 2. The highest BCUT2D eigenvalue weighted by atomic mass is 16.4. The van der Waals surface area contributed by atoms with Gasteiger partial charge in [0.2, 0.25) is 5.91 Å². The molecule has 1 aliphatic rings. The van der Waals surface area contributed by atoms with Crippen molar-refractivity contribution in [2.45, 2.75) is 18.9 Å². The van der Waals surface area contributed by atoms with Crippen LogP contribution in [0.2, 0.25) is 0 Å². The van der Waals surface area contributed by atoms with E-state index in [1.807, 2.05) is 0 Å². The molecule has 0 aliphatic carbocycles. The highest BCUT2D eigenvalue weighted by Gasteiger charge is 2.32. The van der Waals surface area contributed by atoms with E-state index in [-0.39, 0.29) is 5.56 Å². The summed E-state index contributed by atoms with van der Waals surface area (Å²) < 4.78 is 0. The molecule has 1 amide bonds. The number of anilines is 1. The van der Waals surface area contributed by atoms with Crippen LogP contribution in [0.5, 0.6) is 0 Å². The average molecular weight is 235 g/mol. The highest BCUT2D eigenvalue weighted by Crippen LogP contribution is 2.26. The summed E-state index contributed by atoms with van der Waals surface area (Å²) in [4.78, 5) is 28.1. The zero-order chi connectivity index (χ0) is 12.4. The number of hydrogen-bond acceptors (Lipinski definition) is 4. The van der Waals surface area contributed by atoms with Crippen LogP contribution in [0.4, 0.5) is 5.82 Å². The van der Waals surface area contributed by atoms with Gasteiger partial charge in [-0.15, -0.1) is 0 Å². The number of pyridine rings is 1. The summed E-state index contributed by atoms with van der Waals surface area (Å²) in [6, 6.07) is 2.58. The van der Waals surface area contributed by atoms with E-state index >= 15 is 0 Å². The first-order chi connectivity index (χ1) is 8.11. The zero-order valence-electron chi connectivity index (χ0n) is 9.17. The van der Waals surface area contributed by atoms with Crippen LogP contribution in [-0.4, -0.2) is 34.6 Å². The van der Waals surface area contributed by atoms with Crippen molar-refractivity contribution >= 4 is 17.7 Å². The molecule has 2 rings (SSSR count). The first kappa shape index (κ1) is 11.4. The fraction of sp³-hybridized carbons (Fsp3) is 0.364. The lowest BCUT2D eigenvalue weighted by Crippen LogP contribution is -2.41. The molecule has 6 nitrogen and oxygen atoms in total. The molecule has 1 aromatic heterocycles. The molecule has 1 saturated heterocycles. The molecule has 17 heavy (non-hydrogen) atoms. The highest BCUT2D eigenvalue weighted by molar-refractivity contribution is 5.94. The molecule has 0 aromatic carbocycles. The first-order valence-electron chi connectivity index (χ1n) is 5.35. The summed E-state index contributed by atoms with van der Waals surface area (Å²) in [5, 5.41) is 9.07. The Morgan fingerprint density at radius 2 is 2.29 bits per heavy atom. The third-order valence-electron chi connectivity index (χ3n) is 2.87. The molecular formula is C11H13N3O3. The van der Waals surface area contributed by atoms with Crippen molar-refractivity contribution in [1.29, 1.82) is 0 Å². The van der Waals surface area contributed by atoms with E-state index < -0.39 is 17.9 Å². The van der Waals surface area contributed by atoms with E-state index in [1.165, 1.54) is 12.3 Å². The largest absolute Gasteiger partial charge is 0.478 e. The van der Waals surface area contributed by atoms with Crippen molar-refractivity contribution in [3.63, 3.8) is 0 Å². The Morgan fingerprint density at radius 1 is 1.53 bits per heavy atom. The van der Waals surface area contributed by atoms with Crippen molar-refractivity contribution in [2.24, 2.45) is 5.73 Å². The summed E-state index contributed by atoms with van der Waals surface area (Å²) in [5.74, 6) is -1.17. The number of rotatable bonds is 3. The maximum Gasteiger partial charge on any atom is 0.339 e. The van der Waals surface area contributed by atoms with Crippen LogP contribution in [0.25, 0.3) is 0 Å². The van der Waals surface area contributed by atoms with Gasteiger partial charge in [-0.3, -0.25) is 4.79 Å². The summed E-state index contributed by atoms with van der Waals surface area (Å²) >= 11 is 0. The van der Waals surface area contributed by atoms with Gasteiger partial charge < -0.3 is 15.7 Å². The Kier molecular flexibility index (Phi) is 2.95. The van der Waals surface area contributed by atoms with Crippen LogP contribution in [0.3, 0.4) is 0 Å². The number of aromatic carboxylic acids is 1. The van der Waals surface area contributed by atoms with Gasteiger partial charge in [-0.2, -0.15) is 0 Å². The summed E-state index contributed by atoms with van der Waals surface area (Å²) in [7, 11) is 0. The number of carboxylic acids is 1. The smallest absolute Gasteiger partial charge is 0.339 e. The Hall–Kier alpha value is -2.11. The Balaban J connectivity index is 2.39. The van der Waals surface area contributed by atoms with E-state index in [1.54, 1.807) is 11.0 Å². The molecule has 2 heterocycles. The van der Waals surface area contributed by atoms with E-state index in [0.29, 0.717) is 18.8 Å². The Bertz CT molecular complexity index is 461. The molecule has 1 fully saturated rings. The fourth-order valence-electron chi connectivity index (χ4n) is 2.11. The van der Waals surface area contributed by atoms with Gasteiger partial charge >= 0.3 is 5.97 Å².